The number of aromatic nitrogens is 1. The van der Waals surface area contributed by atoms with Crippen molar-refractivity contribution < 1.29 is 18.3 Å². The molecule has 4 rings (SSSR count). The molecule has 3 aromatic carbocycles. The number of phenolic OH excluding ortho intramolecular Hbond substituents is 1. The van der Waals surface area contributed by atoms with Crippen molar-refractivity contribution in [3.8, 4) is 28.0 Å². The highest BCUT2D eigenvalue weighted by Crippen LogP contribution is 2.42. The second kappa shape index (κ2) is 7.67. The highest BCUT2D eigenvalue weighted by Gasteiger charge is 2.33. The van der Waals surface area contributed by atoms with Crippen molar-refractivity contribution in [1.29, 1.82) is 0 Å². The largest absolute Gasteiger partial charge is 0.508 e. The Bertz CT molecular complexity index is 1260. The van der Waals surface area contributed by atoms with Gasteiger partial charge in [-0.3, -0.25) is 4.98 Å². The highest BCUT2D eigenvalue weighted by molar-refractivity contribution is 6.04. The lowest BCUT2D eigenvalue weighted by Gasteiger charge is -2.17. The Morgan fingerprint density at radius 1 is 0.900 bits per heavy atom. The van der Waals surface area contributed by atoms with Crippen LogP contribution in [-0.2, 0) is 6.18 Å². The van der Waals surface area contributed by atoms with E-state index in [2.05, 4.69) is 4.98 Å². The first-order valence-corrected chi connectivity index (χ1v) is 9.40. The molecule has 0 fully saturated rings. The molecule has 4 aromatic rings. The third kappa shape index (κ3) is 3.54. The molecule has 0 aliphatic rings. The first-order chi connectivity index (χ1) is 14.4. The molecule has 1 N–H and O–H groups in total. The monoisotopic (exact) mass is 405 g/mol. The predicted molar refractivity (Wildman–Crippen MR) is 114 cm³/mol. The van der Waals surface area contributed by atoms with Gasteiger partial charge >= 0.3 is 6.18 Å². The van der Waals surface area contributed by atoms with Crippen molar-refractivity contribution in [2.24, 2.45) is 0 Å². The molecule has 2 nitrogen and oxygen atoms in total. The number of hydrogen-bond donors (Lipinski definition) is 1. The van der Waals surface area contributed by atoms with Gasteiger partial charge in [-0.1, -0.05) is 60.7 Å². The number of pyridine rings is 1. The summed E-state index contributed by atoms with van der Waals surface area (Å²) in [7, 11) is 0. The summed E-state index contributed by atoms with van der Waals surface area (Å²) in [4.78, 5) is 4.23. The molecule has 0 saturated heterocycles. The molecule has 150 valence electrons. The third-order valence-corrected chi connectivity index (χ3v) is 4.93. The maximum atomic E-state index is 13.6. The second-order valence-corrected chi connectivity index (χ2v) is 6.88. The topological polar surface area (TPSA) is 33.1 Å². The summed E-state index contributed by atoms with van der Waals surface area (Å²) < 4.78 is 40.8. The third-order valence-electron chi connectivity index (χ3n) is 4.93. The van der Waals surface area contributed by atoms with E-state index in [1.54, 1.807) is 24.3 Å². The second-order valence-electron chi connectivity index (χ2n) is 6.88. The van der Waals surface area contributed by atoms with Crippen LogP contribution in [0.15, 0.2) is 79.0 Å². The fourth-order valence-electron chi connectivity index (χ4n) is 3.70. The van der Waals surface area contributed by atoms with Gasteiger partial charge in [-0.25, -0.2) is 0 Å². The molecule has 0 atom stereocenters. The van der Waals surface area contributed by atoms with Crippen molar-refractivity contribution >= 4 is 17.0 Å². The quantitative estimate of drug-likeness (QED) is 0.387. The number of alkyl halides is 3. The minimum atomic E-state index is -4.52. The van der Waals surface area contributed by atoms with Crippen molar-refractivity contribution in [1.82, 2.24) is 4.98 Å². The molecule has 0 aliphatic carbocycles. The lowest BCUT2D eigenvalue weighted by molar-refractivity contribution is -0.136. The van der Waals surface area contributed by atoms with Crippen molar-refractivity contribution in [2.45, 2.75) is 13.1 Å². The van der Waals surface area contributed by atoms with Crippen LogP contribution in [0.1, 0.15) is 18.1 Å². The molecule has 0 bridgehead atoms. The number of fused-ring (bicyclic) bond motifs is 1. The molecule has 0 amide bonds. The maximum absolute atomic E-state index is 13.6. The highest BCUT2D eigenvalue weighted by atomic mass is 19.4. The Morgan fingerprint density at radius 3 is 2.40 bits per heavy atom. The van der Waals surface area contributed by atoms with E-state index < -0.39 is 11.7 Å². The molecule has 0 spiro atoms. The van der Waals surface area contributed by atoms with E-state index in [-0.39, 0.29) is 11.3 Å². The summed E-state index contributed by atoms with van der Waals surface area (Å²) in [5, 5.41) is 10.4. The van der Waals surface area contributed by atoms with Gasteiger partial charge in [0.1, 0.15) is 5.75 Å². The van der Waals surface area contributed by atoms with E-state index >= 15 is 0 Å². The molecule has 30 heavy (non-hydrogen) atoms. The lowest BCUT2D eigenvalue weighted by atomic mass is 9.89. The Balaban J connectivity index is 2.14. The van der Waals surface area contributed by atoms with Crippen LogP contribution in [0.5, 0.6) is 5.75 Å². The normalized spacial score (nSPS) is 12.0. The minimum absolute atomic E-state index is 0.0390. The minimum Gasteiger partial charge on any atom is -0.508 e. The van der Waals surface area contributed by atoms with Crippen LogP contribution < -0.4 is 0 Å². The van der Waals surface area contributed by atoms with Crippen LogP contribution >= 0.6 is 0 Å². The number of nitrogens with zero attached hydrogens (tertiary/aromatic N) is 1. The molecule has 0 aliphatic heterocycles. The number of para-hydroxylation sites is 1. The van der Waals surface area contributed by atoms with Crippen LogP contribution in [0.2, 0.25) is 0 Å². The van der Waals surface area contributed by atoms with Gasteiger partial charge in [-0.2, -0.15) is 13.2 Å². The number of hydrogen-bond acceptors (Lipinski definition) is 2. The van der Waals surface area contributed by atoms with Crippen molar-refractivity contribution in [2.75, 3.05) is 0 Å². The predicted octanol–water partition coefficient (Wildman–Crippen LogP) is 7.33. The van der Waals surface area contributed by atoms with E-state index in [1.165, 1.54) is 18.3 Å². The van der Waals surface area contributed by atoms with Gasteiger partial charge in [0.25, 0.3) is 0 Å². The Labute approximate surface area is 172 Å². The fraction of sp³-hybridized carbons (Fsp3) is 0.0800. The van der Waals surface area contributed by atoms with Crippen LogP contribution in [0.3, 0.4) is 0 Å². The van der Waals surface area contributed by atoms with E-state index in [4.69, 9.17) is 0 Å². The summed E-state index contributed by atoms with van der Waals surface area (Å²) in [5.74, 6) is 0.0390. The standard InChI is InChI=1S/C25H18F3NO/c1-2-7-16-8-3-4-11-19(16)21-15-29-24-20(12-6-13-22(24)25(26,27)28)23(21)17-9-5-10-18(30)14-17/h2-15,30H,1H3/b7-2-. The van der Waals surface area contributed by atoms with Gasteiger partial charge in [0.2, 0.25) is 0 Å². The van der Waals surface area contributed by atoms with Crippen LogP contribution in [0, 0.1) is 0 Å². The molecule has 0 saturated carbocycles. The Kier molecular flexibility index (Phi) is 5.04. The smallest absolute Gasteiger partial charge is 0.418 e. The van der Waals surface area contributed by atoms with E-state index in [1.807, 2.05) is 43.3 Å². The number of aromatic hydroxyl groups is 1. The van der Waals surface area contributed by atoms with Gasteiger partial charge in [-0.15, -0.1) is 0 Å². The summed E-state index contributed by atoms with van der Waals surface area (Å²) in [6, 6.07) is 18.2. The zero-order chi connectivity index (χ0) is 21.3. The number of rotatable bonds is 3. The lowest BCUT2D eigenvalue weighted by Crippen LogP contribution is -2.07. The van der Waals surface area contributed by atoms with E-state index in [9.17, 15) is 18.3 Å². The Hall–Kier alpha value is -3.60. The van der Waals surface area contributed by atoms with E-state index in [0.29, 0.717) is 22.1 Å². The summed E-state index contributed by atoms with van der Waals surface area (Å²) >= 11 is 0. The van der Waals surface area contributed by atoms with Crippen LogP contribution in [0.4, 0.5) is 13.2 Å². The van der Waals surface area contributed by atoms with E-state index in [0.717, 1.165) is 17.2 Å². The van der Waals surface area contributed by atoms with Gasteiger partial charge in [0.15, 0.2) is 0 Å². The first-order valence-electron chi connectivity index (χ1n) is 9.40. The van der Waals surface area contributed by atoms with Crippen LogP contribution in [-0.4, -0.2) is 10.1 Å². The average molecular weight is 405 g/mol. The molecular formula is C25H18F3NO. The first kappa shape index (κ1) is 19.7. The van der Waals surface area contributed by atoms with Crippen molar-refractivity contribution in [3.63, 3.8) is 0 Å². The molecular weight excluding hydrogens is 387 g/mol. The average Bonchev–Trinajstić information content (AvgIpc) is 2.72. The SMILES string of the molecule is C/C=C\c1ccccc1-c1cnc2c(C(F)(F)F)cccc2c1-c1cccc(O)c1. The number of phenols is 1. The fourth-order valence-corrected chi connectivity index (χ4v) is 3.70. The number of benzene rings is 3. The van der Waals surface area contributed by atoms with Gasteiger partial charge in [0, 0.05) is 22.7 Å². The molecule has 0 radical (unpaired) electrons. The molecule has 1 heterocycles. The number of halogens is 3. The summed E-state index contributed by atoms with van der Waals surface area (Å²) in [5.41, 5.74) is 2.78. The summed E-state index contributed by atoms with van der Waals surface area (Å²) in [6.45, 7) is 1.90. The van der Waals surface area contributed by atoms with Gasteiger partial charge in [-0.05, 0) is 41.8 Å². The number of allylic oxidation sites excluding steroid dienone is 1. The maximum Gasteiger partial charge on any atom is 0.418 e. The molecule has 5 heteroatoms. The summed E-state index contributed by atoms with van der Waals surface area (Å²) in [6.07, 6.45) is 0.813. The van der Waals surface area contributed by atoms with Crippen molar-refractivity contribution in [3.05, 3.63) is 90.1 Å². The molecule has 1 aromatic heterocycles. The Morgan fingerprint density at radius 2 is 1.67 bits per heavy atom. The van der Waals surface area contributed by atoms with Gasteiger partial charge < -0.3 is 5.11 Å². The zero-order valence-electron chi connectivity index (χ0n) is 16.1. The van der Waals surface area contributed by atoms with Crippen LogP contribution in [0.25, 0.3) is 39.2 Å². The van der Waals surface area contributed by atoms with Gasteiger partial charge in [0.05, 0.1) is 11.1 Å². The zero-order valence-corrected chi connectivity index (χ0v) is 16.1. The molecule has 0 unspecified atom stereocenters.